The van der Waals surface area contributed by atoms with Crippen molar-refractivity contribution in [2.24, 2.45) is 39.9 Å². The summed E-state index contributed by atoms with van der Waals surface area (Å²) in [7, 11) is 1.74. The minimum Gasteiger partial charge on any atom is -0.359 e. The van der Waals surface area contributed by atoms with Crippen molar-refractivity contribution in [3.05, 3.63) is 30.3 Å². The van der Waals surface area contributed by atoms with E-state index >= 15 is 0 Å². The standard InChI is InChI=1S/C29H39NO3S/c1-4-30-16-27(2)12-11-23(33-17-32-3)29-21(27)15-20(25(29)30)28-13-10-18(14-22(28)29)24(26(28)31)34-19-8-6-5-7-9-19/h5-9,18,20-25H,4,10-17H2,1-3H3/t18-,20?,21+,22?,23-,24+,25?,27-,28-,29?/m0/s1. The number of piperidine rings is 1. The molecule has 0 radical (unpaired) electrons. The molecule has 7 aliphatic rings. The molecule has 184 valence electrons. The highest BCUT2D eigenvalue weighted by Gasteiger charge is 2.85. The molecule has 1 saturated heterocycles. The van der Waals surface area contributed by atoms with Crippen LogP contribution in [0, 0.1) is 39.9 Å². The summed E-state index contributed by atoms with van der Waals surface area (Å²) in [6, 6.07) is 11.2. The van der Waals surface area contributed by atoms with Gasteiger partial charge in [-0.05, 0) is 86.3 Å². The number of carbonyl (C=O) groups excluding carboxylic acids is 1. The fourth-order valence-corrected chi connectivity index (χ4v) is 12.2. The molecule has 1 heterocycles. The third-order valence-electron chi connectivity index (χ3n) is 11.6. The maximum absolute atomic E-state index is 14.6. The first-order chi connectivity index (χ1) is 16.5. The molecule has 34 heavy (non-hydrogen) atoms. The molecule has 7 fully saturated rings. The molecule has 0 aromatic heterocycles. The number of ketones is 1. The van der Waals surface area contributed by atoms with Gasteiger partial charge in [-0.2, -0.15) is 0 Å². The summed E-state index contributed by atoms with van der Waals surface area (Å²) in [5, 5.41) is 0.131. The van der Waals surface area contributed by atoms with Crippen molar-refractivity contribution in [2.45, 2.75) is 74.7 Å². The van der Waals surface area contributed by atoms with Crippen LogP contribution in [-0.4, -0.2) is 55.1 Å². The van der Waals surface area contributed by atoms with E-state index in [9.17, 15) is 4.79 Å². The lowest BCUT2D eigenvalue weighted by atomic mass is 9.40. The number of ether oxygens (including phenoxy) is 2. The molecule has 10 atom stereocenters. The van der Waals surface area contributed by atoms with E-state index in [2.05, 4.69) is 49.1 Å². The van der Waals surface area contributed by atoms with Gasteiger partial charge in [-0.3, -0.25) is 9.69 Å². The zero-order chi connectivity index (χ0) is 23.3. The number of nitrogens with zero attached hydrogens (tertiary/aromatic N) is 1. The van der Waals surface area contributed by atoms with Crippen molar-refractivity contribution >= 4 is 17.5 Å². The molecule has 7 bridgehead atoms. The van der Waals surface area contributed by atoms with Crippen LogP contribution in [0.3, 0.4) is 0 Å². The molecule has 4 unspecified atom stereocenters. The Morgan fingerprint density at radius 2 is 1.94 bits per heavy atom. The third kappa shape index (κ3) is 2.51. The van der Waals surface area contributed by atoms with Crippen molar-refractivity contribution in [3.8, 4) is 0 Å². The van der Waals surface area contributed by atoms with E-state index in [1.807, 2.05) is 11.8 Å². The molecule has 4 nitrogen and oxygen atoms in total. The lowest BCUT2D eigenvalue weighted by molar-refractivity contribution is -0.243. The van der Waals surface area contributed by atoms with Gasteiger partial charge >= 0.3 is 0 Å². The molecule has 5 heteroatoms. The van der Waals surface area contributed by atoms with Gasteiger partial charge in [0.05, 0.1) is 11.4 Å². The van der Waals surface area contributed by atoms with Gasteiger partial charge < -0.3 is 9.47 Å². The second-order valence-electron chi connectivity index (χ2n) is 12.5. The summed E-state index contributed by atoms with van der Waals surface area (Å²) in [6.45, 7) is 7.58. The number of methoxy groups -OCH3 is 1. The summed E-state index contributed by atoms with van der Waals surface area (Å²) < 4.78 is 12.1. The molecule has 2 spiro atoms. The number of benzene rings is 1. The van der Waals surface area contributed by atoms with Crippen molar-refractivity contribution in [3.63, 3.8) is 0 Å². The number of hydrogen-bond donors (Lipinski definition) is 0. The third-order valence-corrected chi connectivity index (χ3v) is 13.0. The molecule has 1 aromatic carbocycles. The molecular formula is C29H39NO3S. The minimum absolute atomic E-state index is 0.126. The van der Waals surface area contributed by atoms with Gasteiger partial charge in [-0.1, -0.05) is 32.0 Å². The highest BCUT2D eigenvalue weighted by Crippen LogP contribution is 2.83. The molecular weight excluding hydrogens is 442 g/mol. The van der Waals surface area contributed by atoms with E-state index in [0.717, 1.165) is 19.4 Å². The van der Waals surface area contributed by atoms with Gasteiger partial charge in [0.1, 0.15) is 6.79 Å². The summed E-state index contributed by atoms with van der Waals surface area (Å²) in [5.74, 6) is 2.80. The zero-order valence-corrected chi connectivity index (χ0v) is 21.7. The van der Waals surface area contributed by atoms with Gasteiger partial charge in [0.2, 0.25) is 0 Å². The number of rotatable bonds is 6. The van der Waals surface area contributed by atoms with E-state index in [4.69, 9.17) is 9.47 Å². The first kappa shape index (κ1) is 22.3. The van der Waals surface area contributed by atoms with Crippen LogP contribution in [0.5, 0.6) is 0 Å². The number of carbonyl (C=O) groups is 1. The summed E-state index contributed by atoms with van der Waals surface area (Å²) in [5.41, 5.74) is 0.349. The fourth-order valence-electron chi connectivity index (χ4n) is 10.9. The summed E-state index contributed by atoms with van der Waals surface area (Å²) >= 11 is 1.86. The lowest BCUT2D eigenvalue weighted by Crippen LogP contribution is -2.70. The van der Waals surface area contributed by atoms with Gasteiger partial charge in [0, 0.05) is 35.4 Å². The lowest BCUT2D eigenvalue weighted by Gasteiger charge is -2.67. The van der Waals surface area contributed by atoms with Crippen molar-refractivity contribution in [1.29, 1.82) is 0 Å². The van der Waals surface area contributed by atoms with Gasteiger partial charge in [-0.25, -0.2) is 0 Å². The van der Waals surface area contributed by atoms with E-state index in [1.54, 1.807) is 7.11 Å². The largest absolute Gasteiger partial charge is 0.359 e. The molecule has 0 amide bonds. The molecule has 6 aliphatic carbocycles. The van der Waals surface area contributed by atoms with Crippen LogP contribution in [-0.2, 0) is 14.3 Å². The predicted molar refractivity (Wildman–Crippen MR) is 134 cm³/mol. The van der Waals surface area contributed by atoms with Crippen LogP contribution in [0.1, 0.15) is 52.4 Å². The Morgan fingerprint density at radius 3 is 2.71 bits per heavy atom. The number of hydrogen-bond acceptors (Lipinski definition) is 5. The molecule has 1 aromatic rings. The van der Waals surface area contributed by atoms with Gasteiger partial charge in [-0.15, -0.1) is 11.8 Å². The molecule has 1 aliphatic heterocycles. The number of likely N-dealkylation sites (tertiary alicyclic amines) is 1. The van der Waals surface area contributed by atoms with Crippen LogP contribution in [0.4, 0.5) is 0 Å². The average Bonchev–Trinajstić information content (AvgIpc) is 3.29. The summed E-state index contributed by atoms with van der Waals surface area (Å²) in [6.07, 6.45) is 7.40. The normalized spacial score (nSPS) is 50.6. The van der Waals surface area contributed by atoms with E-state index in [1.165, 1.54) is 37.1 Å². The Labute approximate surface area is 208 Å². The number of thioether (sulfide) groups is 1. The van der Waals surface area contributed by atoms with E-state index < -0.39 is 0 Å². The highest BCUT2D eigenvalue weighted by molar-refractivity contribution is 8.00. The van der Waals surface area contributed by atoms with Crippen molar-refractivity contribution in [1.82, 2.24) is 4.90 Å². The number of Topliss-reactive ketones (excluding diaryl/α,β-unsaturated/α-hetero) is 1. The van der Waals surface area contributed by atoms with E-state index in [0.29, 0.717) is 47.7 Å². The topological polar surface area (TPSA) is 38.8 Å². The van der Waals surface area contributed by atoms with Crippen LogP contribution < -0.4 is 0 Å². The highest BCUT2D eigenvalue weighted by atomic mass is 32.2. The van der Waals surface area contributed by atoms with Crippen LogP contribution in [0.15, 0.2) is 35.2 Å². The zero-order valence-electron chi connectivity index (χ0n) is 20.9. The monoisotopic (exact) mass is 481 g/mol. The summed E-state index contributed by atoms with van der Waals surface area (Å²) in [4.78, 5) is 18.7. The van der Waals surface area contributed by atoms with Crippen LogP contribution >= 0.6 is 11.8 Å². The number of fused-ring (bicyclic) bond motifs is 2. The second kappa shape index (κ2) is 7.57. The Kier molecular flexibility index (Phi) is 4.97. The first-order valence-corrected chi connectivity index (χ1v) is 14.5. The quantitative estimate of drug-likeness (QED) is 0.518. The van der Waals surface area contributed by atoms with Crippen molar-refractivity contribution in [2.75, 3.05) is 27.0 Å². The smallest absolute Gasteiger partial charge is 0.153 e. The Bertz CT molecular complexity index is 987. The van der Waals surface area contributed by atoms with Crippen LogP contribution in [0.25, 0.3) is 0 Å². The second-order valence-corrected chi connectivity index (χ2v) is 13.7. The Hall–Kier alpha value is -0.880. The predicted octanol–water partition coefficient (Wildman–Crippen LogP) is 5.26. The van der Waals surface area contributed by atoms with Crippen LogP contribution in [0.2, 0.25) is 0 Å². The first-order valence-electron chi connectivity index (χ1n) is 13.6. The fraction of sp³-hybridized carbons (Fsp3) is 0.759. The maximum Gasteiger partial charge on any atom is 0.153 e. The SMILES string of the molecule is CCN1C[C@]2(C)CC[C@H](OCOC)C34C1C(C[C@@H]32)[C@@]12CC[C@@H](CC41)[C@@H](Sc1ccccc1)C2=O. The Balaban J connectivity index is 1.34. The minimum atomic E-state index is -0.132. The van der Waals surface area contributed by atoms with Gasteiger partial charge in [0.15, 0.2) is 5.78 Å². The Morgan fingerprint density at radius 1 is 1.12 bits per heavy atom. The van der Waals surface area contributed by atoms with Crippen molar-refractivity contribution < 1.29 is 14.3 Å². The van der Waals surface area contributed by atoms with Gasteiger partial charge in [0.25, 0.3) is 0 Å². The molecule has 0 N–H and O–H groups in total. The molecule has 6 saturated carbocycles. The average molecular weight is 482 g/mol. The maximum atomic E-state index is 14.6. The molecule has 8 rings (SSSR count). The van der Waals surface area contributed by atoms with E-state index in [-0.39, 0.29) is 22.2 Å².